The van der Waals surface area contributed by atoms with Crippen LogP contribution in [-0.4, -0.2) is 17.8 Å². The molecule has 2 atom stereocenters. The van der Waals surface area contributed by atoms with Gasteiger partial charge in [-0.15, -0.1) is 0 Å². The van der Waals surface area contributed by atoms with Crippen LogP contribution < -0.4 is 4.74 Å². The zero-order valence-corrected chi connectivity index (χ0v) is 15.2. The first-order chi connectivity index (χ1) is 9.76. The van der Waals surface area contributed by atoms with Gasteiger partial charge in [0.25, 0.3) is 0 Å². The van der Waals surface area contributed by atoms with Crippen molar-refractivity contribution in [3.05, 3.63) is 28.2 Å². The lowest BCUT2D eigenvalue weighted by molar-refractivity contribution is -0.0890. The van der Waals surface area contributed by atoms with Crippen LogP contribution in [0.5, 0.6) is 5.75 Å². The van der Waals surface area contributed by atoms with Crippen LogP contribution in [0.15, 0.2) is 22.7 Å². The Morgan fingerprint density at radius 1 is 1.33 bits per heavy atom. The van der Waals surface area contributed by atoms with Gasteiger partial charge in [-0.25, -0.2) is 0 Å². The second-order valence-electron chi connectivity index (χ2n) is 7.40. The summed E-state index contributed by atoms with van der Waals surface area (Å²) < 4.78 is 6.37. The van der Waals surface area contributed by atoms with Gasteiger partial charge in [0.2, 0.25) is 0 Å². The van der Waals surface area contributed by atoms with E-state index in [9.17, 15) is 5.11 Å². The minimum atomic E-state index is -0.620. The largest absolute Gasteiger partial charge is 0.497 e. The maximum atomic E-state index is 11.3. The van der Waals surface area contributed by atoms with Gasteiger partial charge < -0.3 is 9.84 Å². The van der Waals surface area contributed by atoms with Gasteiger partial charge in [0.15, 0.2) is 0 Å². The fourth-order valence-electron chi connectivity index (χ4n) is 3.82. The molecule has 0 aliphatic heterocycles. The van der Waals surface area contributed by atoms with Crippen LogP contribution >= 0.6 is 15.9 Å². The van der Waals surface area contributed by atoms with Crippen molar-refractivity contribution in [1.29, 1.82) is 0 Å². The highest BCUT2D eigenvalue weighted by molar-refractivity contribution is 9.10. The second-order valence-corrected chi connectivity index (χ2v) is 8.26. The van der Waals surface area contributed by atoms with Crippen LogP contribution in [-0.2, 0) is 6.42 Å². The molecule has 21 heavy (non-hydrogen) atoms. The Labute approximate surface area is 137 Å². The van der Waals surface area contributed by atoms with Crippen molar-refractivity contribution in [2.75, 3.05) is 7.11 Å². The number of benzene rings is 1. The van der Waals surface area contributed by atoms with Gasteiger partial charge in [-0.05, 0) is 47.9 Å². The Morgan fingerprint density at radius 3 is 2.67 bits per heavy atom. The summed E-state index contributed by atoms with van der Waals surface area (Å²) >= 11 is 3.61. The average molecular weight is 355 g/mol. The molecule has 0 spiro atoms. The van der Waals surface area contributed by atoms with Gasteiger partial charge in [-0.2, -0.15) is 0 Å². The van der Waals surface area contributed by atoms with Crippen molar-refractivity contribution >= 4 is 15.9 Å². The van der Waals surface area contributed by atoms with Crippen molar-refractivity contribution in [1.82, 2.24) is 0 Å². The predicted octanol–water partition coefficient (Wildman–Crippen LogP) is 4.97. The van der Waals surface area contributed by atoms with E-state index < -0.39 is 5.60 Å². The van der Waals surface area contributed by atoms with E-state index in [0.717, 1.165) is 35.0 Å². The molecule has 1 aromatic carbocycles. The summed E-state index contributed by atoms with van der Waals surface area (Å²) in [6, 6.07) is 5.99. The Kier molecular flexibility index (Phi) is 5.04. The maximum Gasteiger partial charge on any atom is 0.119 e. The minimum Gasteiger partial charge on any atom is -0.497 e. The lowest BCUT2D eigenvalue weighted by Crippen LogP contribution is -2.48. The third-order valence-corrected chi connectivity index (χ3v) is 5.57. The Balaban J connectivity index is 2.30. The summed E-state index contributed by atoms with van der Waals surface area (Å²) in [5.74, 6) is 1.18. The Morgan fingerprint density at radius 2 is 2.05 bits per heavy atom. The van der Waals surface area contributed by atoms with Gasteiger partial charge in [0, 0.05) is 10.9 Å². The number of rotatable bonds is 3. The van der Waals surface area contributed by atoms with E-state index in [0.29, 0.717) is 12.3 Å². The highest BCUT2D eigenvalue weighted by Crippen LogP contribution is 2.46. The molecule has 0 amide bonds. The third kappa shape index (κ3) is 3.81. The van der Waals surface area contributed by atoms with E-state index in [1.807, 2.05) is 18.2 Å². The number of hydrogen-bond donors (Lipinski definition) is 1. The molecule has 0 saturated heterocycles. The molecular weight excluding hydrogens is 328 g/mol. The average Bonchev–Trinajstić information content (AvgIpc) is 2.40. The van der Waals surface area contributed by atoms with Crippen molar-refractivity contribution < 1.29 is 9.84 Å². The predicted molar refractivity (Wildman–Crippen MR) is 90.8 cm³/mol. The van der Waals surface area contributed by atoms with E-state index in [2.05, 4.69) is 36.7 Å². The molecule has 1 saturated carbocycles. The van der Waals surface area contributed by atoms with Gasteiger partial charge >= 0.3 is 0 Å². The molecule has 118 valence electrons. The molecule has 0 heterocycles. The van der Waals surface area contributed by atoms with Crippen molar-refractivity contribution in [3.8, 4) is 5.75 Å². The molecule has 2 unspecified atom stereocenters. The first-order valence-corrected chi connectivity index (χ1v) is 8.60. The molecule has 2 rings (SSSR count). The van der Waals surface area contributed by atoms with Gasteiger partial charge in [0.1, 0.15) is 5.75 Å². The van der Waals surface area contributed by atoms with Crippen LogP contribution in [0.1, 0.15) is 52.0 Å². The van der Waals surface area contributed by atoms with Crippen molar-refractivity contribution in [3.63, 3.8) is 0 Å². The van der Waals surface area contributed by atoms with Crippen molar-refractivity contribution in [2.24, 2.45) is 11.3 Å². The summed E-state index contributed by atoms with van der Waals surface area (Å²) in [5, 5.41) is 11.3. The number of hydrogen-bond acceptors (Lipinski definition) is 2. The summed E-state index contributed by atoms with van der Waals surface area (Å²) in [7, 11) is 1.68. The van der Waals surface area contributed by atoms with Crippen LogP contribution in [0.4, 0.5) is 0 Å². The third-order valence-electron chi connectivity index (χ3n) is 4.80. The van der Waals surface area contributed by atoms with Gasteiger partial charge in [-0.1, -0.05) is 49.5 Å². The molecule has 0 bridgehead atoms. The summed E-state index contributed by atoms with van der Waals surface area (Å²) in [6.07, 6.45) is 5.03. The molecule has 1 aromatic rings. The van der Waals surface area contributed by atoms with E-state index in [1.54, 1.807) is 7.11 Å². The lowest BCUT2D eigenvalue weighted by atomic mass is 9.62. The summed E-state index contributed by atoms with van der Waals surface area (Å²) in [5.41, 5.74) is 0.638. The lowest BCUT2D eigenvalue weighted by Gasteiger charge is -2.47. The Bertz CT molecular complexity index is 492. The van der Waals surface area contributed by atoms with Gasteiger partial charge in [0.05, 0.1) is 12.7 Å². The van der Waals surface area contributed by atoms with Crippen molar-refractivity contribution in [2.45, 2.75) is 58.5 Å². The van der Waals surface area contributed by atoms with E-state index >= 15 is 0 Å². The monoisotopic (exact) mass is 354 g/mol. The molecule has 1 N–H and O–H groups in total. The molecule has 1 aliphatic carbocycles. The maximum absolute atomic E-state index is 11.3. The smallest absolute Gasteiger partial charge is 0.119 e. The molecule has 2 nitrogen and oxygen atoms in total. The van der Waals surface area contributed by atoms with E-state index in [-0.39, 0.29) is 5.41 Å². The highest BCUT2D eigenvalue weighted by atomic mass is 79.9. The fourth-order valence-corrected chi connectivity index (χ4v) is 4.20. The summed E-state index contributed by atoms with van der Waals surface area (Å²) in [4.78, 5) is 0. The topological polar surface area (TPSA) is 29.5 Å². The number of aliphatic hydroxyl groups is 1. The molecule has 1 fully saturated rings. The zero-order chi connectivity index (χ0) is 15.7. The molecule has 1 aliphatic rings. The number of halogens is 1. The first kappa shape index (κ1) is 16.8. The van der Waals surface area contributed by atoms with E-state index in [1.165, 1.54) is 6.42 Å². The normalized spacial score (nSPS) is 26.7. The molecule has 0 radical (unpaired) electrons. The highest BCUT2D eigenvalue weighted by Gasteiger charge is 2.44. The van der Waals surface area contributed by atoms with E-state index in [4.69, 9.17) is 4.74 Å². The standard InChI is InChI=1S/C18H27BrO2/c1-17(2,3)16-7-5-6-10-18(16,20)12-13-11-14(21-4)8-9-15(13)19/h8-9,11,16,20H,5-7,10,12H2,1-4H3. The minimum absolute atomic E-state index is 0.126. The van der Waals surface area contributed by atoms with Crippen LogP contribution in [0.25, 0.3) is 0 Å². The molecule has 3 heteroatoms. The first-order valence-electron chi connectivity index (χ1n) is 7.81. The fraction of sp³-hybridized carbons (Fsp3) is 0.667. The van der Waals surface area contributed by atoms with Gasteiger partial charge in [-0.3, -0.25) is 0 Å². The Hall–Kier alpha value is -0.540. The number of ether oxygens (including phenoxy) is 1. The zero-order valence-electron chi connectivity index (χ0n) is 13.6. The summed E-state index contributed by atoms with van der Waals surface area (Å²) in [6.45, 7) is 6.73. The quantitative estimate of drug-likeness (QED) is 0.830. The molecular formula is C18H27BrO2. The SMILES string of the molecule is COc1ccc(Br)c(CC2(O)CCCCC2C(C)(C)C)c1. The van der Waals surface area contributed by atoms with Crippen LogP contribution in [0.2, 0.25) is 0 Å². The molecule has 0 aromatic heterocycles. The number of methoxy groups -OCH3 is 1. The van der Waals surface area contributed by atoms with Crippen LogP contribution in [0, 0.1) is 11.3 Å². The second kappa shape index (κ2) is 6.29. The van der Waals surface area contributed by atoms with Crippen LogP contribution in [0.3, 0.4) is 0 Å².